The molecule has 0 aliphatic rings. The Morgan fingerprint density at radius 3 is 2.73 bits per heavy atom. The number of aryl methyl sites for hydroxylation is 2. The lowest BCUT2D eigenvalue weighted by Crippen LogP contribution is -1.85. The maximum absolute atomic E-state index is 7.36. The van der Waals surface area contributed by atoms with Crippen molar-refractivity contribution in [1.82, 2.24) is 4.98 Å². The summed E-state index contributed by atoms with van der Waals surface area (Å²) in [6.45, 7) is -4.47. The van der Waals surface area contributed by atoms with Crippen LogP contribution in [0, 0.1) is 13.7 Å². The zero-order chi connectivity index (χ0) is 15.8. The molecule has 0 radical (unpaired) electrons. The van der Waals surface area contributed by atoms with Crippen molar-refractivity contribution in [3.05, 3.63) is 52.7 Å². The molecule has 0 aliphatic heterocycles. The molecule has 1 heterocycles. The number of hydrogen-bond acceptors (Lipinski definition) is 1. The second-order valence-corrected chi connectivity index (χ2v) is 3.53. The van der Waals surface area contributed by atoms with Crippen LogP contribution in [0.5, 0.6) is 0 Å². The van der Waals surface area contributed by atoms with E-state index in [0.717, 1.165) is 0 Å². The number of benzene rings is 1. The standard InChI is InChI=1S/C13H12ClN/c1-9-3-6-13(15-8-9)11-5-4-10(2)12(14)7-11/h3-8H,1-2H3/i1D3,2D3. The molecule has 0 bridgehead atoms. The van der Waals surface area contributed by atoms with Gasteiger partial charge in [0.05, 0.1) is 5.69 Å². The molecule has 0 atom stereocenters. The zero-order valence-electron chi connectivity index (χ0n) is 13.8. The van der Waals surface area contributed by atoms with Crippen LogP contribution in [0.1, 0.15) is 19.4 Å². The highest BCUT2D eigenvalue weighted by molar-refractivity contribution is 6.31. The first kappa shape index (κ1) is 5.13. The van der Waals surface area contributed by atoms with E-state index < -0.39 is 13.7 Å². The quantitative estimate of drug-likeness (QED) is 0.712. The molecule has 0 amide bonds. The van der Waals surface area contributed by atoms with Crippen molar-refractivity contribution >= 4 is 11.6 Å². The van der Waals surface area contributed by atoms with E-state index >= 15 is 0 Å². The van der Waals surface area contributed by atoms with E-state index in [1.54, 1.807) is 12.1 Å². The molecule has 0 N–H and O–H groups in total. The summed E-state index contributed by atoms with van der Waals surface area (Å²) in [4.78, 5) is 4.09. The molecule has 1 aromatic heterocycles. The van der Waals surface area contributed by atoms with Gasteiger partial charge in [-0.2, -0.15) is 0 Å². The molecule has 0 saturated heterocycles. The monoisotopic (exact) mass is 223 g/mol. The Hall–Kier alpha value is -1.34. The SMILES string of the molecule is [2H]C([2H])([2H])c1ccc(-c2ccc(C([2H])([2H])[2H])c(Cl)c2)nc1. The van der Waals surface area contributed by atoms with Crippen molar-refractivity contribution in [2.24, 2.45) is 0 Å². The van der Waals surface area contributed by atoms with Crippen molar-refractivity contribution < 1.29 is 8.22 Å². The van der Waals surface area contributed by atoms with Gasteiger partial charge < -0.3 is 0 Å². The second-order valence-electron chi connectivity index (χ2n) is 3.13. The van der Waals surface area contributed by atoms with E-state index in [0.29, 0.717) is 11.3 Å². The second kappa shape index (κ2) is 4.03. The third-order valence-corrected chi connectivity index (χ3v) is 2.34. The molecular weight excluding hydrogens is 206 g/mol. The fraction of sp³-hybridized carbons (Fsp3) is 0.154. The topological polar surface area (TPSA) is 12.9 Å². The summed E-state index contributed by atoms with van der Waals surface area (Å²) in [5.41, 5.74) is 1.38. The summed E-state index contributed by atoms with van der Waals surface area (Å²) in [6, 6.07) is 7.60. The minimum absolute atomic E-state index is 0.0760. The number of rotatable bonds is 1. The molecule has 0 unspecified atom stereocenters. The number of pyridine rings is 1. The third kappa shape index (κ3) is 2.18. The minimum Gasteiger partial charge on any atom is -0.256 e. The molecule has 2 heteroatoms. The first-order valence-corrected chi connectivity index (χ1v) is 4.74. The molecule has 1 nitrogen and oxygen atoms in total. The highest BCUT2D eigenvalue weighted by atomic mass is 35.5. The minimum atomic E-state index is -2.27. The normalized spacial score (nSPS) is 17.9. The van der Waals surface area contributed by atoms with Crippen LogP contribution in [-0.4, -0.2) is 4.98 Å². The van der Waals surface area contributed by atoms with E-state index in [9.17, 15) is 0 Å². The average molecular weight is 224 g/mol. The maximum atomic E-state index is 7.36. The lowest BCUT2D eigenvalue weighted by atomic mass is 10.1. The van der Waals surface area contributed by atoms with Gasteiger partial charge in [0.15, 0.2) is 0 Å². The van der Waals surface area contributed by atoms with Crippen LogP contribution in [0.3, 0.4) is 0 Å². The van der Waals surface area contributed by atoms with Gasteiger partial charge in [-0.25, -0.2) is 0 Å². The lowest BCUT2D eigenvalue weighted by Gasteiger charge is -2.03. The Kier molecular flexibility index (Phi) is 1.38. The summed E-state index contributed by atoms with van der Waals surface area (Å²) in [6.07, 6.45) is 1.29. The van der Waals surface area contributed by atoms with Crippen LogP contribution in [0.15, 0.2) is 36.5 Å². The fourth-order valence-electron chi connectivity index (χ4n) is 1.24. The summed E-state index contributed by atoms with van der Waals surface area (Å²) in [5, 5.41) is 0.134. The smallest absolute Gasteiger partial charge is 0.0702 e. The van der Waals surface area contributed by atoms with Gasteiger partial charge in [-0.05, 0) is 37.0 Å². The van der Waals surface area contributed by atoms with E-state index in [4.69, 9.17) is 19.8 Å². The molecule has 2 aromatic rings. The molecule has 0 aliphatic carbocycles. The van der Waals surface area contributed by atoms with Crippen LogP contribution >= 0.6 is 11.6 Å². The van der Waals surface area contributed by atoms with E-state index in [-0.39, 0.29) is 16.1 Å². The van der Waals surface area contributed by atoms with Gasteiger partial charge in [-0.3, -0.25) is 4.98 Å². The molecule has 15 heavy (non-hydrogen) atoms. The largest absolute Gasteiger partial charge is 0.256 e. The summed E-state index contributed by atoms with van der Waals surface area (Å²) < 4.78 is 43.9. The summed E-state index contributed by atoms with van der Waals surface area (Å²) in [5.74, 6) is 0. The van der Waals surface area contributed by atoms with Crippen molar-refractivity contribution in [1.29, 1.82) is 0 Å². The zero-order valence-corrected chi connectivity index (χ0v) is 8.55. The van der Waals surface area contributed by atoms with Gasteiger partial charge in [0.25, 0.3) is 0 Å². The first-order valence-electron chi connectivity index (χ1n) is 7.36. The van der Waals surface area contributed by atoms with Gasteiger partial charge in [-0.15, -0.1) is 0 Å². The molecule has 0 saturated carbocycles. The first-order chi connectivity index (χ1) is 9.59. The molecule has 0 spiro atoms. The van der Waals surface area contributed by atoms with Crippen LogP contribution in [-0.2, 0) is 0 Å². The number of nitrogens with zero attached hydrogens (tertiary/aromatic N) is 1. The Balaban J connectivity index is 2.37. The fourth-order valence-corrected chi connectivity index (χ4v) is 1.42. The Morgan fingerprint density at radius 2 is 2.13 bits per heavy atom. The molecule has 2 rings (SSSR count). The van der Waals surface area contributed by atoms with Crippen molar-refractivity contribution in [3.8, 4) is 11.3 Å². The molecular formula is C13H12ClN. The molecule has 0 fully saturated rings. The van der Waals surface area contributed by atoms with Gasteiger partial charge in [0.1, 0.15) is 0 Å². The Bertz CT molecular complexity index is 645. The van der Waals surface area contributed by atoms with Gasteiger partial charge in [0, 0.05) is 25.0 Å². The Morgan fingerprint density at radius 1 is 1.20 bits per heavy atom. The predicted octanol–water partition coefficient (Wildman–Crippen LogP) is 4.02. The van der Waals surface area contributed by atoms with Gasteiger partial charge >= 0.3 is 0 Å². The van der Waals surface area contributed by atoms with Gasteiger partial charge in [0.2, 0.25) is 0 Å². The van der Waals surface area contributed by atoms with Crippen molar-refractivity contribution in [2.75, 3.05) is 0 Å². The van der Waals surface area contributed by atoms with Crippen LogP contribution < -0.4 is 0 Å². The van der Waals surface area contributed by atoms with Crippen molar-refractivity contribution in [3.63, 3.8) is 0 Å². The highest BCUT2D eigenvalue weighted by Gasteiger charge is 2.01. The summed E-state index contributed by atoms with van der Waals surface area (Å²) in [7, 11) is 0. The van der Waals surface area contributed by atoms with E-state index in [1.807, 2.05) is 0 Å². The number of hydrogen-bond donors (Lipinski definition) is 0. The lowest BCUT2D eigenvalue weighted by molar-refractivity contribution is 1.27. The number of halogens is 1. The van der Waals surface area contributed by atoms with Crippen LogP contribution in [0.4, 0.5) is 0 Å². The Labute approximate surface area is 103 Å². The predicted molar refractivity (Wildman–Crippen MR) is 64.2 cm³/mol. The molecule has 1 aromatic carbocycles. The summed E-state index contributed by atoms with van der Waals surface area (Å²) >= 11 is 5.99. The van der Waals surface area contributed by atoms with Crippen molar-refractivity contribution in [2.45, 2.75) is 13.7 Å². The van der Waals surface area contributed by atoms with Crippen LogP contribution in [0.2, 0.25) is 5.02 Å². The molecule has 76 valence electrons. The van der Waals surface area contributed by atoms with E-state index in [1.165, 1.54) is 24.4 Å². The average Bonchev–Trinajstić information content (AvgIpc) is 2.36. The number of aromatic nitrogens is 1. The van der Waals surface area contributed by atoms with E-state index in [2.05, 4.69) is 4.98 Å². The highest BCUT2D eigenvalue weighted by Crippen LogP contribution is 2.23. The van der Waals surface area contributed by atoms with Gasteiger partial charge in [-0.1, -0.05) is 29.8 Å². The maximum Gasteiger partial charge on any atom is 0.0702 e. The third-order valence-electron chi connectivity index (χ3n) is 2.03. The van der Waals surface area contributed by atoms with Crippen LogP contribution in [0.25, 0.3) is 11.3 Å².